The number of carbonyl (C=O) groups is 3. The summed E-state index contributed by atoms with van der Waals surface area (Å²) in [7, 11) is -4.04. The number of hydrogen-bond acceptors (Lipinski definition) is 9. The standard InChI is InChI=1S/C24H31FNO9P/c1-15(2)33-22(30)16(3)14-36(31,35-18-8-6-5-7-9-18)32-13-19-21(29)24(4,25)23(34-19)26-11-10-17(27)12-20(26)28/h5-11,15-16,19,21,23,29H,12-14H2,1-4H3/t16-,19-,21-,23-,24-,36+/m1/s1. The lowest BCUT2D eigenvalue weighted by molar-refractivity contribution is -0.151. The van der Waals surface area contributed by atoms with Crippen LogP contribution in [-0.2, 0) is 32.9 Å². The number of carbonyl (C=O) groups excluding carboxylic acids is 3. The van der Waals surface area contributed by atoms with Gasteiger partial charge in [-0.1, -0.05) is 25.1 Å². The SMILES string of the molecule is CC(C)OC(=O)[C@H](C)C[P@](=O)(OC[C@H]1O[C@@H](N2C=CC(=O)CC2=O)[C@](C)(F)[C@@H]1O)Oc1ccccc1. The van der Waals surface area contributed by atoms with Gasteiger partial charge in [-0.3, -0.25) is 23.8 Å². The summed E-state index contributed by atoms with van der Waals surface area (Å²) < 4.78 is 51.2. The molecule has 36 heavy (non-hydrogen) atoms. The maximum atomic E-state index is 15.5. The molecule has 2 aliphatic rings. The van der Waals surface area contributed by atoms with Crippen molar-refractivity contribution in [3.05, 3.63) is 42.6 Å². The molecule has 0 aromatic heterocycles. The number of nitrogens with zero attached hydrogens (tertiary/aromatic N) is 1. The van der Waals surface area contributed by atoms with E-state index in [9.17, 15) is 24.1 Å². The van der Waals surface area contributed by atoms with Gasteiger partial charge in [-0.05, 0) is 39.0 Å². The van der Waals surface area contributed by atoms with Crippen LogP contribution < -0.4 is 4.52 Å². The van der Waals surface area contributed by atoms with Crippen LogP contribution in [0.15, 0.2) is 42.6 Å². The summed E-state index contributed by atoms with van der Waals surface area (Å²) in [5.74, 6) is -2.34. The molecular formula is C24H31FNO9P. The Labute approximate surface area is 208 Å². The fraction of sp³-hybridized carbons (Fsp3) is 0.542. The largest absolute Gasteiger partial charge is 0.463 e. The van der Waals surface area contributed by atoms with Crippen molar-refractivity contribution in [2.45, 2.75) is 64.3 Å². The minimum absolute atomic E-state index is 0.222. The van der Waals surface area contributed by atoms with E-state index in [1.54, 1.807) is 44.2 Å². The van der Waals surface area contributed by atoms with Gasteiger partial charge in [0, 0.05) is 6.20 Å². The number of amides is 1. The van der Waals surface area contributed by atoms with Gasteiger partial charge < -0.3 is 19.1 Å². The number of alkyl halides is 1. The number of hydrogen-bond donors (Lipinski definition) is 1. The van der Waals surface area contributed by atoms with Crippen LogP contribution in [0.25, 0.3) is 0 Å². The summed E-state index contributed by atoms with van der Waals surface area (Å²) in [6.07, 6.45) is -3.56. The zero-order chi connectivity index (χ0) is 26.7. The van der Waals surface area contributed by atoms with Crippen molar-refractivity contribution in [1.29, 1.82) is 0 Å². The van der Waals surface area contributed by atoms with Crippen molar-refractivity contribution in [2.75, 3.05) is 12.8 Å². The maximum Gasteiger partial charge on any atom is 0.380 e. The third kappa shape index (κ3) is 6.59. The molecule has 3 rings (SSSR count). The molecule has 0 aliphatic carbocycles. The summed E-state index contributed by atoms with van der Waals surface area (Å²) in [6.45, 7) is 5.38. The molecule has 0 spiro atoms. The van der Waals surface area contributed by atoms with Gasteiger partial charge >= 0.3 is 13.6 Å². The maximum absolute atomic E-state index is 15.5. The molecule has 2 aliphatic heterocycles. The first-order valence-electron chi connectivity index (χ1n) is 11.6. The Kier molecular flexibility index (Phi) is 8.71. The average Bonchev–Trinajstić information content (AvgIpc) is 3.01. The number of benzene rings is 1. The summed E-state index contributed by atoms with van der Waals surface area (Å²) in [4.78, 5) is 37.0. The lowest BCUT2D eigenvalue weighted by Gasteiger charge is -2.32. The molecule has 10 nitrogen and oxygen atoms in total. The molecule has 0 radical (unpaired) electrons. The Bertz CT molecular complexity index is 1050. The van der Waals surface area contributed by atoms with Crippen LogP contribution in [0, 0.1) is 5.92 Å². The monoisotopic (exact) mass is 527 g/mol. The van der Waals surface area contributed by atoms with Crippen LogP contribution in [-0.4, -0.2) is 70.6 Å². The molecule has 0 bridgehead atoms. The lowest BCUT2D eigenvalue weighted by atomic mass is 9.97. The van der Waals surface area contributed by atoms with Gasteiger partial charge in [0.25, 0.3) is 0 Å². The summed E-state index contributed by atoms with van der Waals surface area (Å²) >= 11 is 0. The first kappa shape index (κ1) is 28.0. The van der Waals surface area contributed by atoms with Gasteiger partial charge in [0.2, 0.25) is 5.91 Å². The number of rotatable bonds is 10. The molecule has 1 fully saturated rings. The second-order valence-corrected chi connectivity index (χ2v) is 11.3. The fourth-order valence-corrected chi connectivity index (χ4v) is 5.68. The van der Waals surface area contributed by atoms with E-state index in [1.807, 2.05) is 0 Å². The summed E-state index contributed by atoms with van der Waals surface area (Å²) in [5.41, 5.74) is -2.42. The van der Waals surface area contributed by atoms with E-state index in [1.165, 1.54) is 6.92 Å². The van der Waals surface area contributed by atoms with Crippen LogP contribution in [0.4, 0.5) is 4.39 Å². The van der Waals surface area contributed by atoms with E-state index in [4.69, 9.17) is 18.5 Å². The van der Waals surface area contributed by atoms with Crippen molar-refractivity contribution in [3.63, 3.8) is 0 Å². The normalized spacial score (nSPS) is 28.8. The van der Waals surface area contributed by atoms with E-state index in [-0.39, 0.29) is 18.0 Å². The zero-order valence-corrected chi connectivity index (χ0v) is 21.4. The third-order valence-corrected chi connectivity index (χ3v) is 7.71. The molecule has 12 heteroatoms. The average molecular weight is 527 g/mol. The Morgan fingerprint density at radius 2 is 1.94 bits per heavy atom. The first-order valence-corrected chi connectivity index (χ1v) is 13.3. The molecule has 1 saturated heterocycles. The highest BCUT2D eigenvalue weighted by Gasteiger charge is 2.57. The second kappa shape index (κ2) is 11.2. The summed E-state index contributed by atoms with van der Waals surface area (Å²) in [5, 5.41) is 10.6. The molecule has 1 aromatic rings. The minimum atomic E-state index is -4.04. The predicted octanol–water partition coefficient (Wildman–Crippen LogP) is 2.99. The Balaban J connectivity index is 1.76. The minimum Gasteiger partial charge on any atom is -0.463 e. The van der Waals surface area contributed by atoms with Gasteiger partial charge in [0.1, 0.15) is 18.0 Å². The summed E-state index contributed by atoms with van der Waals surface area (Å²) in [6, 6.07) is 8.16. The number of esters is 1. The van der Waals surface area contributed by atoms with Crippen molar-refractivity contribution < 1.29 is 47.0 Å². The van der Waals surface area contributed by atoms with Crippen molar-refractivity contribution >= 4 is 25.3 Å². The van der Waals surface area contributed by atoms with Crippen LogP contribution in [0.1, 0.15) is 34.1 Å². The Morgan fingerprint density at radius 3 is 2.56 bits per heavy atom. The van der Waals surface area contributed by atoms with Crippen molar-refractivity contribution in [1.82, 2.24) is 4.90 Å². The second-order valence-electron chi connectivity index (χ2n) is 9.26. The van der Waals surface area contributed by atoms with E-state index in [0.717, 1.165) is 24.1 Å². The highest BCUT2D eigenvalue weighted by Crippen LogP contribution is 2.51. The van der Waals surface area contributed by atoms with Gasteiger partial charge in [-0.15, -0.1) is 0 Å². The quantitative estimate of drug-likeness (QED) is 0.277. The number of allylic oxidation sites excluding steroid dienone is 1. The molecule has 0 unspecified atom stereocenters. The number of aliphatic hydroxyl groups is 1. The Hall–Kier alpha value is -2.59. The number of halogens is 1. The van der Waals surface area contributed by atoms with E-state index in [0.29, 0.717) is 0 Å². The van der Waals surface area contributed by atoms with Crippen LogP contribution in [0.3, 0.4) is 0 Å². The van der Waals surface area contributed by atoms with Gasteiger partial charge in [0.05, 0.1) is 31.2 Å². The van der Waals surface area contributed by atoms with Crippen LogP contribution >= 0.6 is 7.60 Å². The highest BCUT2D eigenvalue weighted by atomic mass is 31.2. The van der Waals surface area contributed by atoms with Crippen LogP contribution in [0.2, 0.25) is 0 Å². The van der Waals surface area contributed by atoms with Crippen LogP contribution in [0.5, 0.6) is 5.75 Å². The highest BCUT2D eigenvalue weighted by molar-refractivity contribution is 7.54. The number of aliphatic hydroxyl groups excluding tert-OH is 1. The third-order valence-electron chi connectivity index (χ3n) is 5.68. The smallest absolute Gasteiger partial charge is 0.380 e. The fourth-order valence-electron chi connectivity index (χ4n) is 3.81. The topological polar surface area (TPSA) is 129 Å². The van der Waals surface area contributed by atoms with Gasteiger partial charge in [-0.25, -0.2) is 8.96 Å². The number of para-hydroxylation sites is 1. The first-order chi connectivity index (χ1) is 16.8. The number of ether oxygens (including phenoxy) is 2. The molecule has 0 saturated carbocycles. The van der Waals surface area contributed by atoms with E-state index >= 15 is 4.39 Å². The molecule has 1 amide bonds. The predicted molar refractivity (Wildman–Crippen MR) is 126 cm³/mol. The molecule has 2 heterocycles. The van der Waals surface area contributed by atoms with Gasteiger partial charge in [-0.2, -0.15) is 0 Å². The molecule has 1 N–H and O–H groups in total. The zero-order valence-electron chi connectivity index (χ0n) is 20.5. The molecule has 198 valence electrons. The lowest BCUT2D eigenvalue weighted by Crippen LogP contribution is -2.51. The molecular weight excluding hydrogens is 496 g/mol. The Morgan fingerprint density at radius 1 is 1.28 bits per heavy atom. The van der Waals surface area contributed by atoms with E-state index < -0.39 is 68.3 Å². The number of ketones is 1. The van der Waals surface area contributed by atoms with Gasteiger partial charge in [0.15, 0.2) is 17.7 Å². The molecule has 6 atom stereocenters. The molecule has 1 aromatic carbocycles. The van der Waals surface area contributed by atoms with Crippen molar-refractivity contribution in [2.24, 2.45) is 5.92 Å². The van der Waals surface area contributed by atoms with E-state index in [2.05, 4.69) is 0 Å². The van der Waals surface area contributed by atoms with Crippen molar-refractivity contribution in [3.8, 4) is 5.75 Å².